The first-order valence-corrected chi connectivity index (χ1v) is 5.82. The van der Waals surface area contributed by atoms with Gasteiger partial charge >= 0.3 is 0 Å². The number of aromatic nitrogens is 2. The molecule has 20 heavy (non-hydrogen) atoms. The van der Waals surface area contributed by atoms with Gasteiger partial charge in [-0.15, -0.1) is 0 Å². The maximum Gasteiger partial charge on any atom is 0.270 e. The standard InChI is InChI=1S/C13H13FN4O2/c1-18-10(6-7-16-18)13(20)17-11(12(15)19)8-2-4-9(14)5-3-8/h2-7,11H,1H3,(H2,15,19)(H,17,20). The average molecular weight is 276 g/mol. The lowest BCUT2D eigenvalue weighted by Crippen LogP contribution is -2.38. The molecule has 0 saturated heterocycles. The number of aryl methyl sites for hydroxylation is 1. The van der Waals surface area contributed by atoms with E-state index in [-0.39, 0.29) is 0 Å². The van der Waals surface area contributed by atoms with Crippen LogP contribution in [0.3, 0.4) is 0 Å². The van der Waals surface area contributed by atoms with E-state index in [9.17, 15) is 14.0 Å². The molecule has 0 aliphatic heterocycles. The summed E-state index contributed by atoms with van der Waals surface area (Å²) in [6, 6.07) is 5.67. The van der Waals surface area contributed by atoms with Crippen molar-refractivity contribution in [2.24, 2.45) is 12.8 Å². The summed E-state index contributed by atoms with van der Waals surface area (Å²) in [5.41, 5.74) is 5.98. The highest BCUT2D eigenvalue weighted by Crippen LogP contribution is 2.14. The predicted octanol–water partition coefficient (Wildman–Crippen LogP) is 0.516. The number of carbonyl (C=O) groups excluding carboxylic acids is 2. The van der Waals surface area contributed by atoms with Crippen molar-refractivity contribution in [2.45, 2.75) is 6.04 Å². The van der Waals surface area contributed by atoms with Crippen molar-refractivity contribution >= 4 is 11.8 Å². The van der Waals surface area contributed by atoms with Crippen molar-refractivity contribution in [2.75, 3.05) is 0 Å². The Labute approximate surface area is 114 Å². The van der Waals surface area contributed by atoms with Crippen LogP contribution in [-0.4, -0.2) is 21.6 Å². The summed E-state index contributed by atoms with van der Waals surface area (Å²) >= 11 is 0. The number of amides is 2. The maximum atomic E-state index is 12.9. The van der Waals surface area contributed by atoms with Gasteiger partial charge in [0.2, 0.25) is 5.91 Å². The van der Waals surface area contributed by atoms with Gasteiger partial charge in [0.05, 0.1) is 0 Å². The van der Waals surface area contributed by atoms with Crippen molar-refractivity contribution in [1.82, 2.24) is 15.1 Å². The van der Waals surface area contributed by atoms with Crippen molar-refractivity contribution in [3.8, 4) is 0 Å². The first-order valence-electron chi connectivity index (χ1n) is 5.82. The highest BCUT2D eigenvalue weighted by molar-refractivity contribution is 5.96. The zero-order valence-corrected chi connectivity index (χ0v) is 10.7. The van der Waals surface area contributed by atoms with E-state index in [0.717, 1.165) is 0 Å². The fourth-order valence-electron chi connectivity index (χ4n) is 1.78. The number of halogens is 1. The molecule has 6 nitrogen and oxygen atoms in total. The molecule has 0 aliphatic rings. The Morgan fingerprint density at radius 3 is 2.45 bits per heavy atom. The Morgan fingerprint density at radius 2 is 1.95 bits per heavy atom. The van der Waals surface area contributed by atoms with Crippen LogP contribution in [0.25, 0.3) is 0 Å². The lowest BCUT2D eigenvalue weighted by atomic mass is 10.1. The van der Waals surface area contributed by atoms with Gasteiger partial charge < -0.3 is 11.1 Å². The Balaban J connectivity index is 2.22. The number of hydrogen-bond donors (Lipinski definition) is 2. The molecule has 1 aromatic heterocycles. The predicted molar refractivity (Wildman–Crippen MR) is 69.0 cm³/mol. The summed E-state index contributed by atoms with van der Waals surface area (Å²) in [4.78, 5) is 23.5. The summed E-state index contributed by atoms with van der Waals surface area (Å²) in [5.74, 6) is -1.65. The number of nitrogens with two attached hydrogens (primary N) is 1. The van der Waals surface area contributed by atoms with Gasteiger partial charge in [-0.05, 0) is 23.8 Å². The number of primary amides is 1. The Bertz CT molecular complexity index is 636. The van der Waals surface area contributed by atoms with Gasteiger partial charge in [-0.3, -0.25) is 14.3 Å². The Morgan fingerprint density at radius 1 is 1.30 bits per heavy atom. The number of nitrogens with zero attached hydrogens (tertiary/aromatic N) is 2. The molecule has 1 heterocycles. The number of carbonyl (C=O) groups is 2. The second-order valence-electron chi connectivity index (χ2n) is 4.20. The van der Waals surface area contributed by atoms with Crippen molar-refractivity contribution in [1.29, 1.82) is 0 Å². The van der Waals surface area contributed by atoms with E-state index >= 15 is 0 Å². The van der Waals surface area contributed by atoms with E-state index in [2.05, 4.69) is 10.4 Å². The molecule has 7 heteroatoms. The summed E-state index contributed by atoms with van der Waals surface area (Å²) in [6.07, 6.45) is 1.46. The van der Waals surface area contributed by atoms with Crippen LogP contribution in [-0.2, 0) is 11.8 Å². The van der Waals surface area contributed by atoms with Crippen LogP contribution >= 0.6 is 0 Å². The van der Waals surface area contributed by atoms with Crippen molar-refractivity contribution in [3.63, 3.8) is 0 Å². The number of rotatable bonds is 4. The number of benzene rings is 1. The lowest BCUT2D eigenvalue weighted by Gasteiger charge is -2.15. The normalized spacial score (nSPS) is 11.9. The summed E-state index contributed by atoms with van der Waals surface area (Å²) < 4.78 is 14.2. The fraction of sp³-hybridized carbons (Fsp3) is 0.154. The monoisotopic (exact) mass is 276 g/mol. The fourth-order valence-corrected chi connectivity index (χ4v) is 1.78. The van der Waals surface area contributed by atoms with Gasteiger partial charge in [0.25, 0.3) is 5.91 Å². The third-order valence-corrected chi connectivity index (χ3v) is 2.82. The molecule has 2 aromatic rings. The highest BCUT2D eigenvalue weighted by atomic mass is 19.1. The van der Waals surface area contributed by atoms with Gasteiger partial charge in [0.15, 0.2) is 0 Å². The minimum atomic E-state index is -1.03. The Kier molecular flexibility index (Phi) is 3.79. The SMILES string of the molecule is Cn1nccc1C(=O)NC(C(N)=O)c1ccc(F)cc1. The van der Waals surface area contributed by atoms with Gasteiger partial charge in [-0.2, -0.15) is 5.10 Å². The third-order valence-electron chi connectivity index (χ3n) is 2.82. The molecule has 1 atom stereocenters. The summed E-state index contributed by atoms with van der Waals surface area (Å²) in [7, 11) is 1.60. The molecule has 1 unspecified atom stereocenters. The second kappa shape index (κ2) is 5.52. The summed E-state index contributed by atoms with van der Waals surface area (Å²) in [6.45, 7) is 0. The van der Waals surface area contributed by atoms with Crippen LogP contribution in [0.1, 0.15) is 22.1 Å². The lowest BCUT2D eigenvalue weighted by molar-refractivity contribution is -0.120. The van der Waals surface area contributed by atoms with E-state index in [0.29, 0.717) is 11.3 Å². The maximum absolute atomic E-state index is 12.9. The third kappa shape index (κ3) is 2.82. The molecule has 0 radical (unpaired) electrons. The van der Waals surface area contributed by atoms with Crippen LogP contribution in [0.15, 0.2) is 36.5 Å². The largest absolute Gasteiger partial charge is 0.368 e. The molecule has 0 aliphatic carbocycles. The van der Waals surface area contributed by atoms with Gasteiger partial charge in [0, 0.05) is 13.2 Å². The molecular formula is C13H13FN4O2. The first kappa shape index (κ1) is 13.7. The van der Waals surface area contributed by atoms with Crippen molar-refractivity contribution < 1.29 is 14.0 Å². The Hall–Kier alpha value is -2.70. The average Bonchev–Trinajstić information content (AvgIpc) is 2.83. The molecule has 0 spiro atoms. The molecule has 2 rings (SSSR count). The highest BCUT2D eigenvalue weighted by Gasteiger charge is 2.22. The molecule has 0 bridgehead atoms. The minimum Gasteiger partial charge on any atom is -0.368 e. The van der Waals surface area contributed by atoms with Gasteiger partial charge in [0.1, 0.15) is 17.6 Å². The van der Waals surface area contributed by atoms with Crippen molar-refractivity contribution in [3.05, 3.63) is 53.6 Å². The quantitative estimate of drug-likeness (QED) is 0.852. The summed E-state index contributed by atoms with van der Waals surface area (Å²) in [5, 5.41) is 6.36. The van der Waals surface area contributed by atoms with Crippen LogP contribution in [0, 0.1) is 5.82 Å². The molecule has 2 amide bonds. The molecule has 0 fully saturated rings. The zero-order valence-electron chi connectivity index (χ0n) is 10.7. The number of hydrogen-bond acceptors (Lipinski definition) is 3. The van der Waals surface area contributed by atoms with E-state index in [1.165, 1.54) is 41.2 Å². The first-order chi connectivity index (χ1) is 9.49. The van der Waals surface area contributed by atoms with Gasteiger partial charge in [-0.25, -0.2) is 4.39 Å². The van der Waals surface area contributed by atoms with Crippen LogP contribution < -0.4 is 11.1 Å². The van der Waals surface area contributed by atoms with E-state index in [1.54, 1.807) is 7.05 Å². The minimum absolute atomic E-state index is 0.290. The van der Waals surface area contributed by atoms with E-state index in [4.69, 9.17) is 5.73 Å². The molecular weight excluding hydrogens is 263 g/mol. The van der Waals surface area contributed by atoms with E-state index in [1.807, 2.05) is 0 Å². The van der Waals surface area contributed by atoms with Crippen LogP contribution in [0.5, 0.6) is 0 Å². The molecule has 0 saturated carbocycles. The molecule has 3 N–H and O–H groups in total. The van der Waals surface area contributed by atoms with Gasteiger partial charge in [-0.1, -0.05) is 12.1 Å². The smallest absolute Gasteiger partial charge is 0.270 e. The van der Waals surface area contributed by atoms with E-state index < -0.39 is 23.7 Å². The topological polar surface area (TPSA) is 90.0 Å². The zero-order chi connectivity index (χ0) is 14.7. The molecule has 1 aromatic carbocycles. The molecule has 104 valence electrons. The number of nitrogens with one attached hydrogen (secondary N) is 1. The second-order valence-corrected chi connectivity index (χ2v) is 4.20. The van der Waals surface area contributed by atoms with Crippen LogP contribution in [0.2, 0.25) is 0 Å². The van der Waals surface area contributed by atoms with Crippen LogP contribution in [0.4, 0.5) is 4.39 Å².